The lowest BCUT2D eigenvalue weighted by Crippen LogP contribution is -2.51. The lowest BCUT2D eigenvalue weighted by Gasteiger charge is -2.32. The van der Waals surface area contributed by atoms with Crippen molar-refractivity contribution in [2.45, 2.75) is 32.9 Å². The van der Waals surface area contributed by atoms with Crippen LogP contribution in [0.25, 0.3) is 0 Å². The molecule has 1 N–H and O–H groups in total. The number of amides is 2. The molecule has 0 saturated carbocycles. The van der Waals surface area contributed by atoms with Crippen molar-refractivity contribution < 1.29 is 22.9 Å². The molecule has 0 spiro atoms. The number of anilines is 1. The van der Waals surface area contributed by atoms with Crippen molar-refractivity contribution in [1.82, 2.24) is 10.2 Å². The van der Waals surface area contributed by atoms with Crippen molar-refractivity contribution in [3.63, 3.8) is 0 Å². The van der Waals surface area contributed by atoms with Gasteiger partial charge in [0.2, 0.25) is 21.8 Å². The highest BCUT2D eigenvalue weighted by Gasteiger charge is 2.31. The second kappa shape index (κ2) is 10.9. The first kappa shape index (κ1) is 25.8. The number of likely N-dealkylation sites (N-methyl/N-ethyl adjacent to an activating group) is 1. The molecule has 0 heterocycles. The predicted molar refractivity (Wildman–Crippen MR) is 125 cm³/mol. The molecule has 0 fully saturated rings. The van der Waals surface area contributed by atoms with E-state index in [1.54, 1.807) is 6.92 Å². The van der Waals surface area contributed by atoms with Gasteiger partial charge in [0.1, 0.15) is 12.6 Å². The van der Waals surface area contributed by atoms with E-state index in [9.17, 15) is 28.1 Å². The summed E-state index contributed by atoms with van der Waals surface area (Å²) in [6, 6.07) is 11.7. The highest BCUT2D eigenvalue weighted by molar-refractivity contribution is 7.92. The van der Waals surface area contributed by atoms with Crippen LogP contribution in [0.3, 0.4) is 0 Å². The van der Waals surface area contributed by atoms with Gasteiger partial charge in [0, 0.05) is 25.7 Å². The van der Waals surface area contributed by atoms with E-state index in [4.69, 9.17) is 0 Å². The van der Waals surface area contributed by atoms with E-state index < -0.39 is 33.4 Å². The van der Waals surface area contributed by atoms with Gasteiger partial charge in [-0.1, -0.05) is 42.8 Å². The summed E-state index contributed by atoms with van der Waals surface area (Å²) in [5, 5.41) is 13.7. The molecular weight excluding hydrogens is 448 g/mol. The number of nitrogens with zero attached hydrogens (tertiary/aromatic N) is 3. The molecule has 0 unspecified atom stereocenters. The van der Waals surface area contributed by atoms with E-state index in [0.717, 1.165) is 27.8 Å². The SMILES string of the molecule is CC[C@@H](C(=O)NC)N(Cc1cccc(C)c1)C(=O)CN(c1cccc([N+](=O)[O-])c1)S(C)(=O)=O. The molecule has 10 nitrogen and oxygen atoms in total. The van der Waals surface area contributed by atoms with Crippen LogP contribution < -0.4 is 9.62 Å². The molecule has 0 aliphatic carbocycles. The quantitative estimate of drug-likeness (QED) is 0.413. The standard InChI is InChI=1S/C22H28N4O6S/c1-5-20(22(28)23-3)24(14-17-9-6-8-16(2)12-17)21(27)15-25(33(4,31)32)18-10-7-11-19(13-18)26(29)30/h6-13,20H,5,14-15H2,1-4H3,(H,23,28)/t20-/m0/s1. The van der Waals surface area contributed by atoms with Crippen LogP contribution in [-0.4, -0.2) is 55.9 Å². The zero-order chi connectivity index (χ0) is 24.8. The van der Waals surface area contributed by atoms with E-state index >= 15 is 0 Å². The molecule has 0 aliphatic heterocycles. The molecule has 0 bridgehead atoms. The number of hydrogen-bond acceptors (Lipinski definition) is 6. The van der Waals surface area contributed by atoms with Crippen LogP contribution in [0, 0.1) is 17.0 Å². The van der Waals surface area contributed by atoms with Gasteiger partial charge in [-0.2, -0.15) is 0 Å². The smallest absolute Gasteiger partial charge is 0.271 e. The van der Waals surface area contributed by atoms with Crippen LogP contribution in [-0.2, 0) is 26.2 Å². The number of non-ortho nitro benzene ring substituents is 1. The Labute approximate surface area is 193 Å². The fraction of sp³-hybridized carbons (Fsp3) is 0.364. The lowest BCUT2D eigenvalue weighted by molar-refractivity contribution is -0.384. The van der Waals surface area contributed by atoms with Crippen LogP contribution in [0.1, 0.15) is 24.5 Å². The number of benzene rings is 2. The molecular formula is C22H28N4O6S. The number of carbonyl (C=O) groups excluding carboxylic acids is 2. The van der Waals surface area contributed by atoms with Crippen LogP contribution in [0.5, 0.6) is 0 Å². The Balaban J connectivity index is 2.46. The van der Waals surface area contributed by atoms with Gasteiger partial charge in [0.15, 0.2) is 0 Å². The van der Waals surface area contributed by atoms with E-state index in [2.05, 4.69) is 5.32 Å². The summed E-state index contributed by atoms with van der Waals surface area (Å²) in [6.07, 6.45) is 1.23. The van der Waals surface area contributed by atoms with Crippen molar-refractivity contribution in [3.8, 4) is 0 Å². The number of nitrogens with one attached hydrogen (secondary N) is 1. The van der Waals surface area contributed by atoms with Gasteiger partial charge in [0.05, 0.1) is 16.9 Å². The topological polar surface area (TPSA) is 130 Å². The van der Waals surface area contributed by atoms with Crippen molar-refractivity contribution >= 4 is 33.2 Å². The maximum atomic E-state index is 13.4. The first-order valence-electron chi connectivity index (χ1n) is 10.3. The maximum Gasteiger partial charge on any atom is 0.271 e. The minimum atomic E-state index is -3.96. The summed E-state index contributed by atoms with van der Waals surface area (Å²) in [5.41, 5.74) is 1.44. The highest BCUT2D eigenvalue weighted by Crippen LogP contribution is 2.24. The largest absolute Gasteiger partial charge is 0.357 e. The van der Waals surface area contributed by atoms with Crippen LogP contribution >= 0.6 is 0 Å². The van der Waals surface area contributed by atoms with Gasteiger partial charge >= 0.3 is 0 Å². The van der Waals surface area contributed by atoms with Crippen LogP contribution in [0.2, 0.25) is 0 Å². The summed E-state index contributed by atoms with van der Waals surface area (Å²) in [4.78, 5) is 37.7. The molecule has 2 rings (SSSR count). The maximum absolute atomic E-state index is 13.4. The minimum Gasteiger partial charge on any atom is -0.357 e. The van der Waals surface area contributed by atoms with Gasteiger partial charge in [-0.15, -0.1) is 0 Å². The Bertz CT molecular complexity index is 1140. The molecule has 0 aliphatic rings. The molecule has 0 radical (unpaired) electrons. The third-order valence-electron chi connectivity index (χ3n) is 5.08. The van der Waals surface area contributed by atoms with Crippen molar-refractivity contribution in [1.29, 1.82) is 0 Å². The fourth-order valence-electron chi connectivity index (χ4n) is 3.47. The van der Waals surface area contributed by atoms with Gasteiger partial charge in [-0.3, -0.25) is 24.0 Å². The Kier molecular flexibility index (Phi) is 8.52. The van der Waals surface area contributed by atoms with Gasteiger partial charge < -0.3 is 10.2 Å². The lowest BCUT2D eigenvalue weighted by atomic mass is 10.1. The molecule has 2 aromatic carbocycles. The average molecular weight is 477 g/mol. The predicted octanol–water partition coefficient (Wildman–Crippen LogP) is 2.22. The monoisotopic (exact) mass is 476 g/mol. The van der Waals surface area contributed by atoms with Crippen molar-refractivity contribution in [3.05, 3.63) is 69.8 Å². The Morgan fingerprint density at radius 1 is 1.15 bits per heavy atom. The van der Waals surface area contributed by atoms with Crippen molar-refractivity contribution in [2.75, 3.05) is 24.2 Å². The highest BCUT2D eigenvalue weighted by atomic mass is 32.2. The van der Waals surface area contributed by atoms with Crippen LogP contribution in [0.15, 0.2) is 48.5 Å². The second-order valence-electron chi connectivity index (χ2n) is 7.60. The normalized spacial score (nSPS) is 12.0. The summed E-state index contributed by atoms with van der Waals surface area (Å²) >= 11 is 0. The second-order valence-corrected chi connectivity index (χ2v) is 9.50. The first-order valence-corrected chi connectivity index (χ1v) is 12.1. The molecule has 11 heteroatoms. The number of carbonyl (C=O) groups is 2. The van der Waals surface area contributed by atoms with E-state index in [1.807, 2.05) is 31.2 Å². The summed E-state index contributed by atoms with van der Waals surface area (Å²) in [5.74, 6) is -0.983. The number of rotatable bonds is 10. The molecule has 178 valence electrons. The minimum absolute atomic E-state index is 0.0106. The molecule has 2 amide bonds. The number of aryl methyl sites for hydroxylation is 1. The number of nitro benzene ring substituents is 1. The summed E-state index contributed by atoms with van der Waals surface area (Å²) in [6.45, 7) is 3.14. The number of nitro groups is 1. The Morgan fingerprint density at radius 2 is 1.82 bits per heavy atom. The molecule has 0 aromatic heterocycles. The number of sulfonamides is 1. The van der Waals surface area contributed by atoms with E-state index in [-0.39, 0.29) is 23.8 Å². The van der Waals surface area contributed by atoms with Gasteiger partial charge in [-0.25, -0.2) is 8.42 Å². The molecule has 2 aromatic rings. The average Bonchev–Trinajstić information content (AvgIpc) is 2.76. The fourth-order valence-corrected chi connectivity index (χ4v) is 4.31. The molecule has 33 heavy (non-hydrogen) atoms. The van der Waals surface area contributed by atoms with Gasteiger partial charge in [0.25, 0.3) is 5.69 Å². The Hall–Kier alpha value is -3.47. The Morgan fingerprint density at radius 3 is 2.36 bits per heavy atom. The zero-order valence-electron chi connectivity index (χ0n) is 19.0. The molecule has 1 atom stereocenters. The van der Waals surface area contributed by atoms with Crippen molar-refractivity contribution in [2.24, 2.45) is 0 Å². The zero-order valence-corrected chi connectivity index (χ0v) is 19.8. The van der Waals surface area contributed by atoms with Gasteiger partial charge in [-0.05, 0) is 25.0 Å². The summed E-state index contributed by atoms with van der Waals surface area (Å²) in [7, 11) is -2.50. The summed E-state index contributed by atoms with van der Waals surface area (Å²) < 4.78 is 25.8. The third-order valence-corrected chi connectivity index (χ3v) is 6.22. The van der Waals surface area contributed by atoms with E-state index in [0.29, 0.717) is 6.42 Å². The number of hydrogen-bond donors (Lipinski definition) is 1. The first-order chi connectivity index (χ1) is 15.5. The van der Waals surface area contributed by atoms with Crippen LogP contribution in [0.4, 0.5) is 11.4 Å². The van der Waals surface area contributed by atoms with E-state index in [1.165, 1.54) is 30.1 Å². The third kappa shape index (κ3) is 6.75. The molecule has 0 saturated heterocycles.